The maximum absolute atomic E-state index is 12.6. The number of rotatable bonds is 4. The Morgan fingerprint density at radius 3 is 2.78 bits per heavy atom. The van der Waals surface area contributed by atoms with Gasteiger partial charge in [-0.25, -0.2) is 0 Å². The van der Waals surface area contributed by atoms with Crippen molar-refractivity contribution in [2.45, 2.75) is 58.0 Å². The first-order valence-electron chi connectivity index (χ1n) is 8.07. The Bertz CT molecular complexity index is 671. The van der Waals surface area contributed by atoms with Crippen LogP contribution in [0.25, 0.3) is 0 Å². The standard InChI is InChI=1S/C16H21ClN4O2/c1-11-14(10-21-9-12(17)8-18-21)15(20-23-11)16(22)19-13-6-4-2-3-5-7-13/h8-9,13H,2-7,10H2,1H3,(H,19,22). The van der Waals surface area contributed by atoms with Gasteiger partial charge in [0.15, 0.2) is 5.69 Å². The monoisotopic (exact) mass is 336 g/mol. The largest absolute Gasteiger partial charge is 0.361 e. The van der Waals surface area contributed by atoms with Crippen molar-refractivity contribution in [1.29, 1.82) is 0 Å². The molecule has 2 aromatic rings. The lowest BCUT2D eigenvalue weighted by atomic mass is 10.1. The van der Waals surface area contributed by atoms with Crippen molar-refractivity contribution in [3.8, 4) is 0 Å². The van der Waals surface area contributed by atoms with E-state index in [1.54, 1.807) is 24.0 Å². The second-order valence-electron chi connectivity index (χ2n) is 6.08. The van der Waals surface area contributed by atoms with E-state index in [2.05, 4.69) is 15.6 Å². The second-order valence-corrected chi connectivity index (χ2v) is 6.52. The minimum absolute atomic E-state index is 0.165. The summed E-state index contributed by atoms with van der Waals surface area (Å²) < 4.78 is 6.90. The molecule has 0 saturated heterocycles. The maximum atomic E-state index is 12.6. The van der Waals surface area contributed by atoms with Gasteiger partial charge in [0, 0.05) is 17.8 Å². The minimum Gasteiger partial charge on any atom is -0.361 e. The Hall–Kier alpha value is -1.82. The molecule has 7 heteroatoms. The zero-order valence-electron chi connectivity index (χ0n) is 13.2. The smallest absolute Gasteiger partial charge is 0.274 e. The quantitative estimate of drug-likeness (QED) is 0.869. The van der Waals surface area contributed by atoms with Gasteiger partial charge in [-0.1, -0.05) is 42.4 Å². The summed E-state index contributed by atoms with van der Waals surface area (Å²) in [6.07, 6.45) is 10.2. The fraction of sp³-hybridized carbons (Fsp3) is 0.562. The molecule has 1 saturated carbocycles. The van der Waals surface area contributed by atoms with Crippen LogP contribution >= 0.6 is 11.6 Å². The Balaban J connectivity index is 1.72. The van der Waals surface area contributed by atoms with Crippen molar-refractivity contribution in [1.82, 2.24) is 20.3 Å². The number of hydrogen-bond acceptors (Lipinski definition) is 4. The third-order valence-electron chi connectivity index (χ3n) is 4.31. The number of nitrogens with zero attached hydrogens (tertiary/aromatic N) is 3. The van der Waals surface area contributed by atoms with Crippen LogP contribution in [-0.2, 0) is 6.54 Å². The molecule has 6 nitrogen and oxygen atoms in total. The summed E-state index contributed by atoms with van der Waals surface area (Å²) in [6.45, 7) is 2.21. The van der Waals surface area contributed by atoms with Crippen molar-refractivity contribution in [2.24, 2.45) is 0 Å². The van der Waals surface area contributed by atoms with Gasteiger partial charge in [0.05, 0.1) is 17.8 Å². The summed E-state index contributed by atoms with van der Waals surface area (Å²) in [5.74, 6) is 0.463. The van der Waals surface area contributed by atoms with Gasteiger partial charge >= 0.3 is 0 Å². The average Bonchev–Trinajstić information content (AvgIpc) is 2.99. The second kappa shape index (κ2) is 7.17. The number of hydrogen-bond donors (Lipinski definition) is 1. The number of carbonyl (C=O) groups is 1. The van der Waals surface area contributed by atoms with Crippen LogP contribution in [0.4, 0.5) is 0 Å². The first kappa shape index (κ1) is 16.1. The van der Waals surface area contributed by atoms with Crippen molar-refractivity contribution in [2.75, 3.05) is 0 Å². The third kappa shape index (κ3) is 3.93. The van der Waals surface area contributed by atoms with E-state index >= 15 is 0 Å². The Kier molecular flexibility index (Phi) is 5.00. The molecule has 1 aliphatic rings. The predicted molar refractivity (Wildman–Crippen MR) is 86.5 cm³/mol. The molecule has 0 bridgehead atoms. The number of nitrogens with one attached hydrogen (secondary N) is 1. The molecule has 2 heterocycles. The van der Waals surface area contributed by atoms with Crippen LogP contribution in [-0.4, -0.2) is 26.9 Å². The molecule has 0 spiro atoms. The molecule has 0 radical (unpaired) electrons. The zero-order chi connectivity index (χ0) is 16.2. The van der Waals surface area contributed by atoms with Gasteiger partial charge in [-0.15, -0.1) is 0 Å². The molecule has 0 aliphatic heterocycles. The molecule has 1 fully saturated rings. The Labute approximate surface area is 140 Å². The highest BCUT2D eigenvalue weighted by atomic mass is 35.5. The minimum atomic E-state index is -0.165. The van der Waals surface area contributed by atoms with Gasteiger partial charge in [-0.05, 0) is 19.8 Å². The lowest BCUT2D eigenvalue weighted by Crippen LogP contribution is -2.35. The van der Waals surface area contributed by atoms with E-state index in [0.717, 1.165) is 18.4 Å². The van der Waals surface area contributed by atoms with E-state index in [1.165, 1.54) is 25.7 Å². The number of aryl methyl sites for hydroxylation is 1. The molecule has 0 aromatic carbocycles. The van der Waals surface area contributed by atoms with Gasteiger partial charge in [-0.2, -0.15) is 5.10 Å². The molecule has 124 valence electrons. The highest BCUT2D eigenvalue weighted by Gasteiger charge is 2.23. The molecular weight excluding hydrogens is 316 g/mol. The molecule has 0 unspecified atom stereocenters. The normalized spacial score (nSPS) is 16.3. The molecule has 1 N–H and O–H groups in total. The lowest BCUT2D eigenvalue weighted by Gasteiger charge is -2.15. The molecule has 0 atom stereocenters. The van der Waals surface area contributed by atoms with E-state index in [-0.39, 0.29) is 11.9 Å². The number of carbonyl (C=O) groups excluding carboxylic acids is 1. The van der Waals surface area contributed by atoms with Gasteiger partial charge in [0.1, 0.15) is 5.76 Å². The molecule has 1 amide bonds. The number of halogens is 1. The van der Waals surface area contributed by atoms with Crippen LogP contribution in [0.1, 0.15) is 60.3 Å². The highest BCUT2D eigenvalue weighted by molar-refractivity contribution is 6.30. The average molecular weight is 337 g/mol. The van der Waals surface area contributed by atoms with Crippen molar-refractivity contribution < 1.29 is 9.32 Å². The third-order valence-corrected chi connectivity index (χ3v) is 4.51. The summed E-state index contributed by atoms with van der Waals surface area (Å²) in [5, 5.41) is 11.8. The molecule has 1 aliphatic carbocycles. The van der Waals surface area contributed by atoms with Crippen LogP contribution in [0.15, 0.2) is 16.9 Å². The van der Waals surface area contributed by atoms with Crippen LogP contribution in [0, 0.1) is 6.92 Å². The van der Waals surface area contributed by atoms with Crippen molar-refractivity contribution >= 4 is 17.5 Å². The first-order chi connectivity index (χ1) is 11.1. The molecule has 23 heavy (non-hydrogen) atoms. The van der Waals surface area contributed by atoms with Crippen LogP contribution in [0.5, 0.6) is 0 Å². The lowest BCUT2D eigenvalue weighted by molar-refractivity contribution is 0.0923. The molecule has 2 aromatic heterocycles. The highest BCUT2D eigenvalue weighted by Crippen LogP contribution is 2.20. The topological polar surface area (TPSA) is 73.0 Å². The van der Waals surface area contributed by atoms with E-state index < -0.39 is 0 Å². The van der Waals surface area contributed by atoms with E-state index in [4.69, 9.17) is 16.1 Å². The van der Waals surface area contributed by atoms with Crippen LogP contribution < -0.4 is 5.32 Å². The fourth-order valence-corrected chi connectivity index (χ4v) is 3.18. The van der Waals surface area contributed by atoms with Gasteiger partial charge in [0.25, 0.3) is 5.91 Å². The van der Waals surface area contributed by atoms with Gasteiger partial charge in [0.2, 0.25) is 0 Å². The predicted octanol–water partition coefficient (Wildman–Crippen LogP) is 3.33. The molecule has 3 rings (SSSR count). The SMILES string of the molecule is Cc1onc(C(=O)NC2CCCCCC2)c1Cn1cc(Cl)cn1. The van der Waals surface area contributed by atoms with E-state index in [9.17, 15) is 4.79 Å². The number of aromatic nitrogens is 3. The Morgan fingerprint density at radius 1 is 1.39 bits per heavy atom. The maximum Gasteiger partial charge on any atom is 0.274 e. The van der Waals surface area contributed by atoms with E-state index in [0.29, 0.717) is 23.0 Å². The van der Waals surface area contributed by atoms with Crippen molar-refractivity contribution in [3.05, 3.63) is 34.4 Å². The number of amides is 1. The fourth-order valence-electron chi connectivity index (χ4n) is 3.02. The van der Waals surface area contributed by atoms with Gasteiger partial charge in [-0.3, -0.25) is 9.48 Å². The van der Waals surface area contributed by atoms with Crippen LogP contribution in [0.3, 0.4) is 0 Å². The molecular formula is C16H21ClN4O2. The zero-order valence-corrected chi connectivity index (χ0v) is 14.0. The summed E-state index contributed by atoms with van der Waals surface area (Å²) >= 11 is 5.89. The summed E-state index contributed by atoms with van der Waals surface area (Å²) in [6, 6.07) is 0.231. The summed E-state index contributed by atoms with van der Waals surface area (Å²) in [7, 11) is 0. The summed E-state index contributed by atoms with van der Waals surface area (Å²) in [5.41, 5.74) is 1.09. The Morgan fingerprint density at radius 2 is 2.13 bits per heavy atom. The van der Waals surface area contributed by atoms with E-state index in [1.807, 2.05) is 0 Å². The van der Waals surface area contributed by atoms with Crippen molar-refractivity contribution in [3.63, 3.8) is 0 Å². The van der Waals surface area contributed by atoms with Crippen LogP contribution in [0.2, 0.25) is 5.02 Å². The first-order valence-corrected chi connectivity index (χ1v) is 8.45. The summed E-state index contributed by atoms with van der Waals surface area (Å²) in [4.78, 5) is 12.6. The van der Waals surface area contributed by atoms with Gasteiger partial charge < -0.3 is 9.84 Å².